The minimum atomic E-state index is 0.412. The van der Waals surface area contributed by atoms with E-state index in [-0.39, 0.29) is 0 Å². The summed E-state index contributed by atoms with van der Waals surface area (Å²) in [5.41, 5.74) is 14.9. The second kappa shape index (κ2) is 17.0. The Kier molecular flexibility index (Phi) is 10.9. The molecule has 8 rings (SSSR count). The van der Waals surface area contributed by atoms with Crippen LogP contribution in [0.3, 0.4) is 0 Å². The molecule has 0 bridgehead atoms. The molecule has 0 radical (unpaired) electrons. The number of rotatable bonds is 13. The molecule has 0 amide bonds. The van der Waals surface area contributed by atoms with E-state index in [9.17, 15) is 0 Å². The van der Waals surface area contributed by atoms with Crippen molar-refractivity contribution in [3.05, 3.63) is 241 Å². The standard InChI is InChI=1S/C53H46N2/c1-41(40-44-28-38-53(39-29-44)55(50-18-10-4-11-19-50)51-20-12-5-13-21-51)45-32-34-47(35-33-45)46-30-24-42(25-31-46)22-23-43-26-36-52(37-27-43)54(48-14-6-2-7-15-48)49-16-8-3-9-17-49/h2-21,24-39,41H,22-23,40H2,1H3. The summed E-state index contributed by atoms with van der Waals surface area (Å²) in [6, 6.07) is 78.6. The molecule has 0 heterocycles. The lowest BCUT2D eigenvalue weighted by Gasteiger charge is -2.25. The maximum atomic E-state index is 2.33. The van der Waals surface area contributed by atoms with Gasteiger partial charge in [-0.2, -0.15) is 0 Å². The van der Waals surface area contributed by atoms with Gasteiger partial charge in [0.15, 0.2) is 0 Å². The number of nitrogens with zero attached hydrogens (tertiary/aromatic N) is 2. The third kappa shape index (κ3) is 8.61. The summed E-state index contributed by atoms with van der Waals surface area (Å²) >= 11 is 0. The second-order valence-corrected chi connectivity index (χ2v) is 14.3. The van der Waals surface area contributed by atoms with Crippen molar-refractivity contribution in [2.75, 3.05) is 9.80 Å². The molecule has 0 aliphatic carbocycles. The zero-order valence-corrected chi connectivity index (χ0v) is 31.4. The van der Waals surface area contributed by atoms with Crippen molar-refractivity contribution in [2.45, 2.75) is 32.1 Å². The Morgan fingerprint density at radius 1 is 0.309 bits per heavy atom. The van der Waals surface area contributed by atoms with Gasteiger partial charge in [0.05, 0.1) is 0 Å². The Hall–Kier alpha value is -6.64. The minimum Gasteiger partial charge on any atom is -0.311 e. The van der Waals surface area contributed by atoms with Crippen molar-refractivity contribution in [1.29, 1.82) is 0 Å². The van der Waals surface area contributed by atoms with Crippen molar-refractivity contribution in [2.24, 2.45) is 0 Å². The number of anilines is 6. The van der Waals surface area contributed by atoms with Crippen LogP contribution in [0.5, 0.6) is 0 Å². The molecule has 0 saturated heterocycles. The van der Waals surface area contributed by atoms with E-state index in [1.54, 1.807) is 0 Å². The van der Waals surface area contributed by atoms with Gasteiger partial charge >= 0.3 is 0 Å². The highest BCUT2D eigenvalue weighted by molar-refractivity contribution is 5.77. The van der Waals surface area contributed by atoms with Crippen LogP contribution in [-0.2, 0) is 19.3 Å². The zero-order chi connectivity index (χ0) is 37.2. The van der Waals surface area contributed by atoms with Crippen LogP contribution in [0.15, 0.2) is 218 Å². The molecule has 0 spiro atoms. The lowest BCUT2D eigenvalue weighted by Crippen LogP contribution is -2.09. The summed E-state index contributed by atoms with van der Waals surface area (Å²) in [5, 5.41) is 0. The Morgan fingerprint density at radius 2 is 0.600 bits per heavy atom. The summed E-state index contributed by atoms with van der Waals surface area (Å²) in [7, 11) is 0. The van der Waals surface area contributed by atoms with E-state index in [1.807, 2.05) is 0 Å². The van der Waals surface area contributed by atoms with Gasteiger partial charge < -0.3 is 9.80 Å². The maximum Gasteiger partial charge on any atom is 0.0461 e. The van der Waals surface area contributed by atoms with Crippen LogP contribution in [-0.4, -0.2) is 0 Å². The topological polar surface area (TPSA) is 6.48 Å². The molecule has 1 unspecified atom stereocenters. The monoisotopic (exact) mass is 710 g/mol. The maximum absolute atomic E-state index is 2.33. The predicted molar refractivity (Wildman–Crippen MR) is 234 cm³/mol. The molecule has 0 aromatic heterocycles. The first-order valence-corrected chi connectivity index (χ1v) is 19.4. The van der Waals surface area contributed by atoms with Crippen molar-refractivity contribution in [1.82, 2.24) is 0 Å². The molecule has 268 valence electrons. The third-order valence-electron chi connectivity index (χ3n) is 10.5. The van der Waals surface area contributed by atoms with Crippen LogP contribution in [0.2, 0.25) is 0 Å². The van der Waals surface area contributed by atoms with E-state index >= 15 is 0 Å². The number of aryl methyl sites for hydroxylation is 2. The molecule has 8 aromatic rings. The van der Waals surface area contributed by atoms with Crippen LogP contribution < -0.4 is 9.80 Å². The summed E-state index contributed by atoms with van der Waals surface area (Å²) in [5.74, 6) is 0.412. The Bertz CT molecular complexity index is 2280. The highest BCUT2D eigenvalue weighted by Gasteiger charge is 2.14. The highest BCUT2D eigenvalue weighted by atomic mass is 15.1. The highest BCUT2D eigenvalue weighted by Crippen LogP contribution is 2.36. The number of benzene rings is 8. The van der Waals surface area contributed by atoms with Gasteiger partial charge in [-0.1, -0.05) is 153 Å². The van der Waals surface area contributed by atoms with Crippen LogP contribution >= 0.6 is 0 Å². The molecule has 0 saturated carbocycles. The smallest absolute Gasteiger partial charge is 0.0461 e. The molecule has 2 nitrogen and oxygen atoms in total. The average molecular weight is 711 g/mol. The van der Waals surface area contributed by atoms with Crippen molar-refractivity contribution in [3.63, 3.8) is 0 Å². The fraction of sp³-hybridized carbons (Fsp3) is 0.0943. The van der Waals surface area contributed by atoms with Gasteiger partial charge in [0.2, 0.25) is 0 Å². The first-order chi connectivity index (χ1) is 27.2. The van der Waals surface area contributed by atoms with E-state index in [0.717, 1.165) is 53.4 Å². The van der Waals surface area contributed by atoms with E-state index in [0.29, 0.717) is 5.92 Å². The van der Waals surface area contributed by atoms with Gasteiger partial charge in [0, 0.05) is 34.1 Å². The molecule has 0 fully saturated rings. The lowest BCUT2D eigenvalue weighted by atomic mass is 9.92. The fourth-order valence-electron chi connectivity index (χ4n) is 7.42. The normalized spacial score (nSPS) is 11.5. The van der Waals surface area contributed by atoms with Gasteiger partial charge in [-0.3, -0.25) is 0 Å². The molecule has 2 heteroatoms. The summed E-state index contributed by atoms with van der Waals surface area (Å²) in [6.07, 6.45) is 3.00. The van der Waals surface area contributed by atoms with Crippen LogP contribution in [0.25, 0.3) is 11.1 Å². The number of hydrogen-bond donors (Lipinski definition) is 0. The van der Waals surface area contributed by atoms with Gasteiger partial charge in [0.25, 0.3) is 0 Å². The molecule has 1 atom stereocenters. The van der Waals surface area contributed by atoms with Crippen molar-refractivity contribution < 1.29 is 0 Å². The number of hydrogen-bond acceptors (Lipinski definition) is 2. The molecule has 0 N–H and O–H groups in total. The molecular formula is C53H46N2. The van der Waals surface area contributed by atoms with Crippen LogP contribution in [0.4, 0.5) is 34.1 Å². The molecule has 0 aliphatic heterocycles. The van der Waals surface area contributed by atoms with Crippen molar-refractivity contribution in [3.8, 4) is 11.1 Å². The Labute approximate surface area is 326 Å². The summed E-state index contributed by atoms with van der Waals surface area (Å²) < 4.78 is 0. The van der Waals surface area contributed by atoms with Gasteiger partial charge in [-0.15, -0.1) is 0 Å². The zero-order valence-electron chi connectivity index (χ0n) is 31.4. The lowest BCUT2D eigenvalue weighted by molar-refractivity contribution is 0.759. The van der Waals surface area contributed by atoms with E-state index in [1.165, 1.54) is 33.4 Å². The Morgan fingerprint density at radius 3 is 0.964 bits per heavy atom. The molecule has 0 aliphatic rings. The summed E-state index contributed by atoms with van der Waals surface area (Å²) in [6.45, 7) is 2.33. The van der Waals surface area contributed by atoms with Gasteiger partial charge in [-0.25, -0.2) is 0 Å². The van der Waals surface area contributed by atoms with Crippen LogP contribution in [0.1, 0.15) is 35.1 Å². The fourth-order valence-corrected chi connectivity index (χ4v) is 7.42. The predicted octanol–water partition coefficient (Wildman–Crippen LogP) is 14.4. The largest absolute Gasteiger partial charge is 0.311 e. The first kappa shape index (κ1) is 35.4. The number of para-hydroxylation sites is 4. The van der Waals surface area contributed by atoms with E-state index < -0.39 is 0 Å². The van der Waals surface area contributed by atoms with Gasteiger partial charge in [0.1, 0.15) is 0 Å². The molecular weight excluding hydrogens is 665 g/mol. The average Bonchev–Trinajstić information content (AvgIpc) is 3.26. The van der Waals surface area contributed by atoms with E-state index in [2.05, 4.69) is 235 Å². The third-order valence-corrected chi connectivity index (χ3v) is 10.5. The van der Waals surface area contributed by atoms with Crippen LogP contribution in [0, 0.1) is 0 Å². The quantitative estimate of drug-likeness (QED) is 0.118. The Balaban J connectivity index is 0.873. The van der Waals surface area contributed by atoms with E-state index in [4.69, 9.17) is 0 Å². The minimum absolute atomic E-state index is 0.412. The van der Waals surface area contributed by atoms with Gasteiger partial charge in [-0.05, 0) is 131 Å². The SMILES string of the molecule is CC(Cc1ccc(N(c2ccccc2)c2ccccc2)cc1)c1ccc(-c2ccc(CCc3ccc(N(c4ccccc4)c4ccccc4)cc3)cc2)cc1. The molecule has 55 heavy (non-hydrogen) atoms. The van der Waals surface area contributed by atoms with Crippen molar-refractivity contribution >= 4 is 34.1 Å². The summed E-state index contributed by atoms with van der Waals surface area (Å²) in [4.78, 5) is 4.62. The first-order valence-electron chi connectivity index (χ1n) is 19.4. The molecule has 8 aromatic carbocycles. The second-order valence-electron chi connectivity index (χ2n) is 14.3.